The van der Waals surface area contributed by atoms with Gasteiger partial charge >= 0.3 is 0 Å². The first-order valence-corrected chi connectivity index (χ1v) is 13.0. The molecule has 6 heteroatoms. The summed E-state index contributed by atoms with van der Waals surface area (Å²) >= 11 is 0. The first-order valence-electron chi connectivity index (χ1n) is 13.0. The fraction of sp³-hybridized carbons (Fsp3) is 0.258. The van der Waals surface area contributed by atoms with Gasteiger partial charge in [-0.05, 0) is 57.1 Å². The smallest absolute Gasteiger partial charge is 0.235 e. The highest BCUT2D eigenvalue weighted by molar-refractivity contribution is 6.23. The molecule has 0 bridgehead atoms. The first-order chi connectivity index (χ1) is 18.3. The molecule has 0 spiro atoms. The topological polar surface area (TPSA) is 65.3 Å². The van der Waals surface area contributed by atoms with Crippen LogP contribution in [0.4, 0.5) is 0 Å². The number of nitrogens with zero attached hydrogens (tertiary/aromatic N) is 3. The number of unbranched alkanes of at least 4 members (excludes halogenated alkanes) is 1. The zero-order valence-corrected chi connectivity index (χ0v) is 20.6. The Labute approximate surface area is 215 Å². The van der Waals surface area contributed by atoms with Crippen LogP contribution in [0.1, 0.15) is 29.8 Å². The molecule has 0 fully saturated rings. The number of hydrogen-bond donors (Lipinski definition) is 0. The van der Waals surface area contributed by atoms with Crippen LogP contribution in [0.3, 0.4) is 0 Å². The van der Waals surface area contributed by atoms with Gasteiger partial charge in [-0.25, -0.2) is 15.0 Å². The van der Waals surface area contributed by atoms with Crippen molar-refractivity contribution in [1.29, 1.82) is 0 Å². The van der Waals surface area contributed by atoms with Crippen LogP contribution in [0.2, 0.25) is 0 Å². The maximum atomic E-state index is 6.16. The molecule has 2 aliphatic rings. The summed E-state index contributed by atoms with van der Waals surface area (Å²) < 4.78 is 17.4. The van der Waals surface area contributed by atoms with Crippen LogP contribution < -0.4 is 4.74 Å². The Bertz CT molecular complexity index is 1620. The van der Waals surface area contributed by atoms with Gasteiger partial charge in [0.1, 0.15) is 30.4 Å². The molecule has 0 aliphatic carbocycles. The molecule has 1 aromatic heterocycles. The lowest BCUT2D eigenvalue weighted by molar-refractivity contribution is 0.305. The average molecular weight is 490 g/mol. The minimum absolute atomic E-state index is 0.555. The summed E-state index contributed by atoms with van der Waals surface area (Å²) in [4.78, 5) is 13.5. The molecular formula is C31H27N3O3. The molecule has 0 saturated heterocycles. The number of aromatic nitrogens is 1. The molecule has 5 aromatic rings. The van der Waals surface area contributed by atoms with E-state index in [-0.39, 0.29) is 0 Å². The van der Waals surface area contributed by atoms with Crippen molar-refractivity contribution in [3.05, 3.63) is 83.7 Å². The molecule has 6 nitrogen and oxygen atoms in total. The van der Waals surface area contributed by atoms with Gasteiger partial charge < -0.3 is 14.2 Å². The van der Waals surface area contributed by atoms with Crippen molar-refractivity contribution < 1.29 is 14.2 Å². The molecule has 0 saturated carbocycles. The second kappa shape index (κ2) is 9.36. The number of pyridine rings is 1. The van der Waals surface area contributed by atoms with Crippen LogP contribution in [0.5, 0.6) is 5.75 Å². The number of ether oxygens (including phenoxy) is 3. The van der Waals surface area contributed by atoms with Gasteiger partial charge in [-0.3, -0.25) is 0 Å². The lowest BCUT2D eigenvalue weighted by Crippen LogP contribution is -2.11. The third kappa shape index (κ3) is 4.12. The van der Waals surface area contributed by atoms with E-state index in [1.54, 1.807) is 0 Å². The second-order valence-electron chi connectivity index (χ2n) is 9.53. The third-order valence-corrected chi connectivity index (χ3v) is 7.14. The molecule has 2 aliphatic heterocycles. The highest BCUT2D eigenvalue weighted by Crippen LogP contribution is 2.36. The maximum Gasteiger partial charge on any atom is 0.235 e. The maximum absolute atomic E-state index is 6.16. The average Bonchev–Trinajstić information content (AvgIpc) is 3.67. The zero-order chi connectivity index (χ0) is 24.6. The van der Waals surface area contributed by atoms with Crippen molar-refractivity contribution in [3.63, 3.8) is 0 Å². The van der Waals surface area contributed by atoms with E-state index >= 15 is 0 Å². The van der Waals surface area contributed by atoms with E-state index in [9.17, 15) is 0 Å². The Hall–Kier alpha value is -4.19. The third-order valence-electron chi connectivity index (χ3n) is 7.14. The summed E-state index contributed by atoms with van der Waals surface area (Å²) in [6.45, 7) is 3.08. The molecular weight excluding hydrogens is 462 g/mol. The van der Waals surface area contributed by atoms with Crippen LogP contribution in [-0.4, -0.2) is 49.7 Å². The summed E-state index contributed by atoms with van der Waals surface area (Å²) in [7, 11) is 0. The number of benzene rings is 4. The van der Waals surface area contributed by atoms with Crippen molar-refractivity contribution in [2.75, 3.05) is 32.9 Å². The van der Waals surface area contributed by atoms with Gasteiger partial charge in [-0.2, -0.15) is 0 Å². The molecule has 0 radical (unpaired) electrons. The number of rotatable bonds is 8. The van der Waals surface area contributed by atoms with Crippen LogP contribution in [-0.2, 0) is 15.9 Å². The summed E-state index contributed by atoms with van der Waals surface area (Å²) in [5.41, 5.74) is 2.72. The van der Waals surface area contributed by atoms with Gasteiger partial charge in [0.15, 0.2) is 0 Å². The van der Waals surface area contributed by atoms with Gasteiger partial charge in [0.2, 0.25) is 11.8 Å². The summed E-state index contributed by atoms with van der Waals surface area (Å²) in [6.07, 6.45) is 3.00. The Morgan fingerprint density at radius 3 is 2.03 bits per heavy atom. The fourth-order valence-corrected chi connectivity index (χ4v) is 5.41. The van der Waals surface area contributed by atoms with Crippen molar-refractivity contribution in [1.82, 2.24) is 4.98 Å². The lowest BCUT2D eigenvalue weighted by atomic mass is 9.91. The zero-order valence-electron chi connectivity index (χ0n) is 20.6. The van der Waals surface area contributed by atoms with E-state index in [0.29, 0.717) is 56.1 Å². The van der Waals surface area contributed by atoms with Gasteiger partial charge in [0.05, 0.1) is 19.7 Å². The molecule has 0 unspecified atom stereocenters. The van der Waals surface area contributed by atoms with Gasteiger partial charge in [0.25, 0.3) is 0 Å². The Morgan fingerprint density at radius 2 is 1.35 bits per heavy atom. The Kier molecular flexibility index (Phi) is 5.57. The van der Waals surface area contributed by atoms with Gasteiger partial charge in [-0.1, -0.05) is 54.6 Å². The molecule has 3 heterocycles. The number of aliphatic imine (C=N–C) groups is 2. The SMILES string of the molecule is c1cc2ccc3ccc(CCCCOc4cc(C5=NCCO5)nc(C5=NCCO5)c4)c4ccc(c1)c2c34. The van der Waals surface area contributed by atoms with Crippen LogP contribution >= 0.6 is 0 Å². The monoisotopic (exact) mass is 489 g/mol. The van der Waals surface area contributed by atoms with E-state index in [1.165, 1.54) is 37.9 Å². The largest absolute Gasteiger partial charge is 0.493 e. The van der Waals surface area contributed by atoms with Gasteiger partial charge in [-0.15, -0.1) is 0 Å². The molecule has 4 aromatic carbocycles. The van der Waals surface area contributed by atoms with E-state index < -0.39 is 0 Å². The number of hydrogen-bond acceptors (Lipinski definition) is 6. The predicted molar refractivity (Wildman–Crippen MR) is 148 cm³/mol. The summed E-state index contributed by atoms with van der Waals surface area (Å²) in [5.74, 6) is 1.85. The lowest BCUT2D eigenvalue weighted by Gasteiger charge is -2.14. The van der Waals surface area contributed by atoms with Gasteiger partial charge in [0, 0.05) is 12.1 Å². The highest BCUT2D eigenvalue weighted by atomic mass is 16.5. The van der Waals surface area contributed by atoms with E-state index in [2.05, 4.69) is 69.6 Å². The normalized spacial score (nSPS) is 15.2. The van der Waals surface area contributed by atoms with Crippen LogP contribution in [0.15, 0.2) is 76.7 Å². The molecule has 7 rings (SSSR count). The minimum Gasteiger partial charge on any atom is -0.493 e. The Balaban J connectivity index is 1.06. The summed E-state index contributed by atoms with van der Waals surface area (Å²) in [5, 5.41) is 8.04. The molecule has 184 valence electrons. The molecule has 0 atom stereocenters. The van der Waals surface area contributed by atoms with Crippen molar-refractivity contribution >= 4 is 44.1 Å². The molecule has 0 amide bonds. The highest BCUT2D eigenvalue weighted by Gasteiger charge is 2.19. The second-order valence-corrected chi connectivity index (χ2v) is 9.53. The Morgan fingerprint density at radius 1 is 0.703 bits per heavy atom. The summed E-state index contributed by atoms with van der Waals surface area (Å²) in [6, 6.07) is 23.9. The van der Waals surface area contributed by atoms with Crippen LogP contribution in [0, 0.1) is 0 Å². The minimum atomic E-state index is 0.555. The van der Waals surface area contributed by atoms with Crippen LogP contribution in [0.25, 0.3) is 32.3 Å². The standard InChI is InChI=1S/C31H27N3O3/c1(4-20-7-8-23-10-9-21-5-3-6-22-11-12-25(20)29(23)28(21)22)2-15-35-24-18-26(30-32-13-16-36-30)34-27(19-24)31-33-14-17-37-31/h3,5-12,18-19H,1-2,4,13-17H2. The first kappa shape index (κ1) is 22.0. The van der Waals surface area contributed by atoms with Crippen molar-refractivity contribution in [2.45, 2.75) is 19.3 Å². The fourth-order valence-electron chi connectivity index (χ4n) is 5.41. The van der Waals surface area contributed by atoms with E-state index in [1.807, 2.05) is 12.1 Å². The van der Waals surface area contributed by atoms with E-state index in [0.717, 1.165) is 25.0 Å². The number of aryl methyl sites for hydroxylation is 1. The quantitative estimate of drug-likeness (QED) is 0.200. The van der Waals surface area contributed by atoms with Crippen molar-refractivity contribution in [2.24, 2.45) is 9.98 Å². The predicted octanol–water partition coefficient (Wildman–Crippen LogP) is 5.93. The molecule has 0 N–H and O–H groups in total. The van der Waals surface area contributed by atoms with E-state index in [4.69, 9.17) is 14.2 Å². The van der Waals surface area contributed by atoms with Crippen molar-refractivity contribution in [3.8, 4) is 5.75 Å². The molecule has 37 heavy (non-hydrogen) atoms.